The highest BCUT2D eigenvalue weighted by Gasteiger charge is 2.50. The zero-order valence-corrected chi connectivity index (χ0v) is 14.7. The number of imide groups is 1. The van der Waals surface area contributed by atoms with Crippen molar-refractivity contribution in [2.45, 2.75) is 19.4 Å². The van der Waals surface area contributed by atoms with Crippen LogP contribution < -0.4 is 10.6 Å². The summed E-state index contributed by atoms with van der Waals surface area (Å²) in [4.78, 5) is 37.9. The number of carbonyl (C=O) groups excluding carboxylic acids is 3. The molecule has 0 saturated carbocycles. The third-order valence-electron chi connectivity index (χ3n) is 4.46. The van der Waals surface area contributed by atoms with Crippen LogP contribution in [-0.4, -0.2) is 29.3 Å². The Balaban J connectivity index is 1.81. The van der Waals surface area contributed by atoms with Gasteiger partial charge in [0.25, 0.3) is 5.91 Å². The number of rotatable bonds is 4. The van der Waals surface area contributed by atoms with Gasteiger partial charge in [-0.25, -0.2) is 13.6 Å². The quantitative estimate of drug-likeness (QED) is 0.809. The molecule has 2 N–H and O–H groups in total. The van der Waals surface area contributed by atoms with Crippen molar-refractivity contribution < 1.29 is 23.2 Å². The van der Waals surface area contributed by atoms with Gasteiger partial charge in [-0.3, -0.25) is 14.5 Å². The minimum Gasteiger partial charge on any atom is -0.324 e. The maximum atomic E-state index is 14.1. The molecule has 1 atom stereocenters. The van der Waals surface area contributed by atoms with E-state index in [0.717, 1.165) is 23.8 Å². The highest BCUT2D eigenvalue weighted by atomic mass is 19.1. The van der Waals surface area contributed by atoms with E-state index in [-0.39, 0.29) is 5.56 Å². The number of anilines is 1. The van der Waals surface area contributed by atoms with Crippen molar-refractivity contribution in [3.05, 3.63) is 65.2 Å². The fourth-order valence-corrected chi connectivity index (χ4v) is 2.95. The molecule has 0 aliphatic carbocycles. The molecule has 27 heavy (non-hydrogen) atoms. The molecule has 0 radical (unpaired) electrons. The number of urea groups is 1. The van der Waals surface area contributed by atoms with Crippen LogP contribution in [-0.2, 0) is 15.1 Å². The number of benzene rings is 2. The Labute approximate surface area is 154 Å². The summed E-state index contributed by atoms with van der Waals surface area (Å²) < 4.78 is 27.6. The van der Waals surface area contributed by atoms with E-state index in [0.29, 0.717) is 10.6 Å². The van der Waals surface area contributed by atoms with Gasteiger partial charge < -0.3 is 10.6 Å². The second-order valence-electron chi connectivity index (χ2n) is 6.43. The Bertz CT molecular complexity index is 948. The smallest absolute Gasteiger partial charge is 0.324 e. The highest BCUT2D eigenvalue weighted by Crippen LogP contribution is 2.31. The number of nitrogens with zero attached hydrogens (tertiary/aromatic N) is 1. The Morgan fingerprint density at radius 2 is 1.89 bits per heavy atom. The molecular weight excluding hydrogens is 356 g/mol. The van der Waals surface area contributed by atoms with Crippen molar-refractivity contribution in [3.63, 3.8) is 0 Å². The number of para-hydroxylation sites is 1. The summed E-state index contributed by atoms with van der Waals surface area (Å²) in [7, 11) is 0. The van der Waals surface area contributed by atoms with Crippen LogP contribution >= 0.6 is 0 Å². The molecule has 2 aromatic carbocycles. The molecule has 0 aromatic heterocycles. The predicted octanol–water partition coefficient (Wildman–Crippen LogP) is 2.68. The molecule has 3 rings (SSSR count). The van der Waals surface area contributed by atoms with E-state index >= 15 is 0 Å². The second kappa shape index (κ2) is 6.79. The summed E-state index contributed by atoms with van der Waals surface area (Å²) in [6, 6.07) is 8.82. The molecule has 1 heterocycles. The molecule has 4 amide bonds. The number of aryl methyl sites for hydroxylation is 1. The minimum absolute atomic E-state index is 0.303. The fourth-order valence-electron chi connectivity index (χ4n) is 2.95. The Morgan fingerprint density at radius 3 is 2.59 bits per heavy atom. The van der Waals surface area contributed by atoms with Gasteiger partial charge in [-0.15, -0.1) is 0 Å². The average molecular weight is 373 g/mol. The lowest BCUT2D eigenvalue weighted by molar-refractivity contribution is -0.133. The average Bonchev–Trinajstić information content (AvgIpc) is 2.83. The third kappa shape index (κ3) is 3.38. The number of carbonyl (C=O) groups is 3. The molecule has 0 spiro atoms. The van der Waals surface area contributed by atoms with E-state index in [1.807, 2.05) is 0 Å². The first kappa shape index (κ1) is 18.5. The monoisotopic (exact) mass is 373 g/mol. The van der Waals surface area contributed by atoms with Crippen LogP contribution in [0.15, 0.2) is 42.5 Å². The van der Waals surface area contributed by atoms with Gasteiger partial charge >= 0.3 is 6.03 Å². The van der Waals surface area contributed by atoms with Gasteiger partial charge in [0.15, 0.2) is 0 Å². The highest BCUT2D eigenvalue weighted by molar-refractivity contribution is 6.10. The van der Waals surface area contributed by atoms with Gasteiger partial charge in [-0.2, -0.15) is 0 Å². The van der Waals surface area contributed by atoms with E-state index in [1.165, 1.54) is 6.92 Å². The third-order valence-corrected chi connectivity index (χ3v) is 4.46. The summed E-state index contributed by atoms with van der Waals surface area (Å²) in [6.45, 7) is 2.52. The van der Waals surface area contributed by atoms with Crippen molar-refractivity contribution in [1.82, 2.24) is 10.2 Å². The van der Waals surface area contributed by atoms with Crippen LogP contribution in [0.1, 0.15) is 18.1 Å². The molecule has 1 aliphatic heterocycles. The Morgan fingerprint density at radius 1 is 1.19 bits per heavy atom. The molecule has 1 aliphatic rings. The van der Waals surface area contributed by atoms with Crippen LogP contribution in [0.2, 0.25) is 0 Å². The fraction of sp³-hybridized carbons (Fsp3) is 0.211. The van der Waals surface area contributed by atoms with Crippen molar-refractivity contribution in [3.8, 4) is 0 Å². The number of hydrogen-bond acceptors (Lipinski definition) is 3. The van der Waals surface area contributed by atoms with Gasteiger partial charge in [-0.1, -0.05) is 18.2 Å². The van der Waals surface area contributed by atoms with Crippen molar-refractivity contribution in [2.75, 3.05) is 11.9 Å². The number of nitrogens with one attached hydrogen (secondary N) is 2. The number of hydrogen-bond donors (Lipinski definition) is 2. The van der Waals surface area contributed by atoms with Gasteiger partial charge in [0, 0.05) is 11.3 Å². The summed E-state index contributed by atoms with van der Waals surface area (Å²) in [5.74, 6) is -3.00. The first-order chi connectivity index (χ1) is 12.7. The predicted molar refractivity (Wildman–Crippen MR) is 93.8 cm³/mol. The largest absolute Gasteiger partial charge is 0.325 e. The first-order valence-corrected chi connectivity index (χ1v) is 8.17. The molecule has 1 unspecified atom stereocenters. The summed E-state index contributed by atoms with van der Waals surface area (Å²) in [6.07, 6.45) is 0. The van der Waals surface area contributed by atoms with E-state index in [4.69, 9.17) is 0 Å². The normalized spacial score (nSPS) is 19.2. The molecular formula is C19H17F2N3O3. The lowest BCUT2D eigenvalue weighted by Crippen LogP contribution is -2.42. The number of amides is 4. The van der Waals surface area contributed by atoms with Crippen LogP contribution in [0, 0.1) is 18.6 Å². The maximum Gasteiger partial charge on any atom is 0.325 e. The van der Waals surface area contributed by atoms with Gasteiger partial charge in [-0.05, 0) is 43.7 Å². The van der Waals surface area contributed by atoms with Crippen LogP contribution in [0.25, 0.3) is 0 Å². The maximum absolute atomic E-state index is 14.1. The molecule has 8 heteroatoms. The van der Waals surface area contributed by atoms with Gasteiger partial charge in [0.2, 0.25) is 5.91 Å². The van der Waals surface area contributed by atoms with Crippen molar-refractivity contribution >= 4 is 23.5 Å². The lowest BCUT2D eigenvalue weighted by Gasteiger charge is -2.22. The van der Waals surface area contributed by atoms with E-state index < -0.39 is 41.6 Å². The molecule has 6 nitrogen and oxygen atoms in total. The van der Waals surface area contributed by atoms with Gasteiger partial charge in [0.1, 0.15) is 23.7 Å². The standard InChI is InChI=1S/C19H17F2N3O3/c1-11-5-3-4-6-15(11)22-16(25)10-24-17(26)19(2,23-18(24)27)13-9-12(20)7-8-14(13)21/h3-9H,10H2,1-2H3,(H,22,25)(H,23,27). The van der Waals surface area contributed by atoms with E-state index in [2.05, 4.69) is 10.6 Å². The van der Waals surface area contributed by atoms with Crippen LogP contribution in [0.5, 0.6) is 0 Å². The minimum atomic E-state index is -1.80. The summed E-state index contributed by atoms with van der Waals surface area (Å²) in [5, 5.41) is 4.96. The molecule has 1 fully saturated rings. The second-order valence-corrected chi connectivity index (χ2v) is 6.43. The van der Waals surface area contributed by atoms with Crippen molar-refractivity contribution in [1.29, 1.82) is 0 Å². The molecule has 2 aromatic rings. The summed E-state index contributed by atoms with van der Waals surface area (Å²) in [5.41, 5.74) is -0.738. The lowest BCUT2D eigenvalue weighted by atomic mass is 9.91. The molecule has 0 bridgehead atoms. The number of halogens is 2. The SMILES string of the molecule is Cc1ccccc1NC(=O)CN1C(=O)NC(C)(c2cc(F)ccc2F)C1=O. The van der Waals surface area contributed by atoms with E-state index in [9.17, 15) is 23.2 Å². The Kier molecular flexibility index (Phi) is 4.65. The molecule has 140 valence electrons. The van der Waals surface area contributed by atoms with E-state index in [1.54, 1.807) is 31.2 Å². The van der Waals surface area contributed by atoms with Gasteiger partial charge in [0.05, 0.1) is 0 Å². The Hall–Kier alpha value is -3.29. The summed E-state index contributed by atoms with van der Waals surface area (Å²) >= 11 is 0. The van der Waals surface area contributed by atoms with Crippen molar-refractivity contribution in [2.24, 2.45) is 0 Å². The van der Waals surface area contributed by atoms with Crippen LogP contribution in [0.4, 0.5) is 19.3 Å². The zero-order valence-electron chi connectivity index (χ0n) is 14.7. The zero-order chi connectivity index (χ0) is 19.8. The molecule has 1 saturated heterocycles. The first-order valence-electron chi connectivity index (χ1n) is 8.17. The van der Waals surface area contributed by atoms with Crippen LogP contribution in [0.3, 0.4) is 0 Å². The topological polar surface area (TPSA) is 78.5 Å².